The van der Waals surface area contributed by atoms with Gasteiger partial charge in [-0.1, -0.05) is 36.4 Å². The first kappa shape index (κ1) is 19.6. The molecule has 0 fully saturated rings. The molecular weight excluding hydrogens is 358 g/mol. The molecule has 0 aliphatic carbocycles. The summed E-state index contributed by atoms with van der Waals surface area (Å²) in [7, 11) is 1.44. The predicted molar refractivity (Wildman–Crippen MR) is 108 cm³/mol. The average molecular weight is 381 g/mol. The van der Waals surface area contributed by atoms with Crippen molar-refractivity contribution in [2.75, 3.05) is 25.5 Å². The summed E-state index contributed by atoms with van der Waals surface area (Å²) >= 11 is 0. The molecule has 0 unspecified atom stereocenters. The van der Waals surface area contributed by atoms with Gasteiger partial charge in [0.1, 0.15) is 11.4 Å². The van der Waals surface area contributed by atoms with Crippen LogP contribution in [0.2, 0.25) is 0 Å². The maximum atomic E-state index is 12.7. The number of ether oxygens (including phenoxy) is 1. The Morgan fingerprint density at radius 3 is 2.61 bits per heavy atom. The van der Waals surface area contributed by atoms with Crippen LogP contribution in [0.5, 0.6) is 5.75 Å². The molecule has 0 radical (unpaired) electrons. The summed E-state index contributed by atoms with van der Waals surface area (Å²) in [6.07, 6.45) is 2.99. The van der Waals surface area contributed by atoms with Crippen LogP contribution in [0.25, 0.3) is 5.57 Å². The van der Waals surface area contributed by atoms with Crippen molar-refractivity contribution < 1.29 is 14.5 Å². The topological polar surface area (TPSA) is 84.7 Å². The highest BCUT2D eigenvalue weighted by Crippen LogP contribution is 2.29. The molecule has 7 nitrogen and oxygen atoms in total. The molecule has 1 heterocycles. The molecule has 28 heavy (non-hydrogen) atoms. The number of nitrogens with zero attached hydrogens (tertiary/aromatic N) is 2. The molecule has 1 aliphatic rings. The Balaban J connectivity index is 1.67. The maximum absolute atomic E-state index is 12.7. The van der Waals surface area contributed by atoms with E-state index in [1.54, 1.807) is 6.07 Å². The summed E-state index contributed by atoms with van der Waals surface area (Å²) < 4.78 is 5.02. The van der Waals surface area contributed by atoms with Crippen LogP contribution >= 0.6 is 0 Å². The zero-order valence-electron chi connectivity index (χ0n) is 15.9. The summed E-state index contributed by atoms with van der Waals surface area (Å²) in [6.45, 7) is 3.22. The highest BCUT2D eigenvalue weighted by molar-refractivity contribution is 5.96. The van der Waals surface area contributed by atoms with Crippen molar-refractivity contribution >= 4 is 22.9 Å². The number of anilines is 1. The van der Waals surface area contributed by atoms with E-state index in [-0.39, 0.29) is 17.3 Å². The van der Waals surface area contributed by atoms with E-state index in [4.69, 9.17) is 4.74 Å². The predicted octanol–water partition coefficient (Wildman–Crippen LogP) is 3.72. The quantitative estimate of drug-likeness (QED) is 0.609. The number of carbonyl (C=O) groups is 1. The van der Waals surface area contributed by atoms with Gasteiger partial charge in [0.15, 0.2) is 0 Å². The number of nitro benzene ring substituents is 1. The van der Waals surface area contributed by atoms with Crippen molar-refractivity contribution in [2.45, 2.75) is 19.4 Å². The fourth-order valence-corrected chi connectivity index (χ4v) is 3.25. The number of hydrogen-bond acceptors (Lipinski definition) is 5. The SMILES string of the molecule is COc1ccc(NC(=O)[C@@H](C)N2CC=C(c3ccccc3)CC2)c([N+](=O)[O-])c1. The Hall–Kier alpha value is -3.19. The minimum absolute atomic E-state index is 0.167. The van der Waals surface area contributed by atoms with Crippen LogP contribution < -0.4 is 10.1 Å². The average Bonchev–Trinajstić information content (AvgIpc) is 2.74. The monoisotopic (exact) mass is 381 g/mol. The highest BCUT2D eigenvalue weighted by atomic mass is 16.6. The van der Waals surface area contributed by atoms with Crippen molar-refractivity contribution in [1.29, 1.82) is 0 Å². The fourth-order valence-electron chi connectivity index (χ4n) is 3.25. The van der Waals surface area contributed by atoms with Crippen LogP contribution in [0.1, 0.15) is 18.9 Å². The molecule has 1 amide bonds. The largest absolute Gasteiger partial charge is 0.496 e. The maximum Gasteiger partial charge on any atom is 0.296 e. The van der Waals surface area contributed by atoms with Crippen molar-refractivity contribution in [3.05, 3.63) is 70.3 Å². The number of benzene rings is 2. The molecule has 0 aromatic heterocycles. The molecule has 2 aromatic rings. The van der Waals surface area contributed by atoms with Gasteiger partial charge in [-0.3, -0.25) is 19.8 Å². The van der Waals surface area contributed by atoms with Gasteiger partial charge in [-0.2, -0.15) is 0 Å². The third-order valence-electron chi connectivity index (χ3n) is 4.97. The van der Waals surface area contributed by atoms with E-state index < -0.39 is 11.0 Å². The second kappa shape index (κ2) is 8.67. The summed E-state index contributed by atoms with van der Waals surface area (Å²) in [5, 5.41) is 14.0. The summed E-state index contributed by atoms with van der Waals surface area (Å²) in [4.78, 5) is 25.5. The van der Waals surface area contributed by atoms with E-state index >= 15 is 0 Å². The summed E-state index contributed by atoms with van der Waals surface area (Å²) in [5.41, 5.74) is 2.45. The van der Waals surface area contributed by atoms with Gasteiger partial charge in [0.25, 0.3) is 5.69 Å². The number of nitro groups is 1. The van der Waals surface area contributed by atoms with Crippen LogP contribution in [0, 0.1) is 10.1 Å². The minimum atomic E-state index is -0.529. The lowest BCUT2D eigenvalue weighted by Crippen LogP contribution is -2.44. The van der Waals surface area contributed by atoms with E-state index in [1.807, 2.05) is 25.1 Å². The number of hydrogen-bond donors (Lipinski definition) is 1. The van der Waals surface area contributed by atoms with E-state index in [2.05, 4.69) is 28.4 Å². The smallest absolute Gasteiger partial charge is 0.296 e. The van der Waals surface area contributed by atoms with E-state index in [1.165, 1.54) is 30.4 Å². The second-order valence-electron chi connectivity index (χ2n) is 6.65. The van der Waals surface area contributed by atoms with Gasteiger partial charge in [0, 0.05) is 13.1 Å². The van der Waals surface area contributed by atoms with Gasteiger partial charge >= 0.3 is 0 Å². The van der Waals surface area contributed by atoms with Crippen LogP contribution in [0.15, 0.2) is 54.6 Å². The molecule has 3 rings (SSSR count). The number of carbonyl (C=O) groups excluding carboxylic acids is 1. The zero-order valence-corrected chi connectivity index (χ0v) is 15.9. The minimum Gasteiger partial charge on any atom is -0.496 e. The lowest BCUT2D eigenvalue weighted by molar-refractivity contribution is -0.384. The number of amides is 1. The number of methoxy groups -OCH3 is 1. The van der Waals surface area contributed by atoms with E-state index in [0.717, 1.165) is 13.0 Å². The Morgan fingerprint density at radius 2 is 2.00 bits per heavy atom. The van der Waals surface area contributed by atoms with Crippen LogP contribution in [0.3, 0.4) is 0 Å². The summed E-state index contributed by atoms with van der Waals surface area (Å²) in [5.74, 6) is 0.0946. The van der Waals surface area contributed by atoms with Gasteiger partial charge in [0.05, 0.1) is 24.1 Å². The molecule has 0 bridgehead atoms. The van der Waals surface area contributed by atoms with Crippen molar-refractivity contribution in [3.8, 4) is 5.75 Å². The molecule has 2 aromatic carbocycles. The molecule has 1 atom stereocenters. The Kier molecular flexibility index (Phi) is 6.06. The molecule has 0 saturated heterocycles. The normalized spacial score (nSPS) is 15.4. The van der Waals surface area contributed by atoms with Crippen molar-refractivity contribution in [2.24, 2.45) is 0 Å². The molecule has 7 heteroatoms. The van der Waals surface area contributed by atoms with E-state index in [0.29, 0.717) is 12.3 Å². The molecule has 0 spiro atoms. The Labute approximate surface area is 163 Å². The molecule has 1 aliphatic heterocycles. The highest BCUT2D eigenvalue weighted by Gasteiger charge is 2.25. The summed E-state index contributed by atoms with van der Waals surface area (Å²) in [6, 6.07) is 14.2. The standard InChI is InChI=1S/C21H23N3O4/c1-15(23-12-10-17(11-13-23)16-6-4-3-5-7-16)21(25)22-19-9-8-18(28-2)14-20(19)24(26)27/h3-10,14-15H,11-13H2,1-2H3,(H,22,25)/t15-/m1/s1. The molecule has 146 valence electrons. The van der Waals surface area contributed by atoms with Crippen LogP contribution in [0.4, 0.5) is 11.4 Å². The van der Waals surface area contributed by atoms with E-state index in [9.17, 15) is 14.9 Å². The first-order valence-corrected chi connectivity index (χ1v) is 9.11. The molecular formula is C21H23N3O4. The second-order valence-corrected chi connectivity index (χ2v) is 6.65. The Morgan fingerprint density at radius 1 is 1.25 bits per heavy atom. The Bertz CT molecular complexity index is 896. The third kappa shape index (κ3) is 4.37. The van der Waals surface area contributed by atoms with Gasteiger partial charge in [-0.25, -0.2) is 0 Å². The third-order valence-corrected chi connectivity index (χ3v) is 4.97. The van der Waals surface area contributed by atoms with Crippen molar-refractivity contribution in [3.63, 3.8) is 0 Å². The first-order valence-electron chi connectivity index (χ1n) is 9.11. The molecule has 0 saturated carbocycles. The number of rotatable bonds is 6. The van der Waals surface area contributed by atoms with Gasteiger partial charge in [0.2, 0.25) is 5.91 Å². The zero-order chi connectivity index (χ0) is 20.1. The fraction of sp³-hybridized carbons (Fsp3) is 0.286. The van der Waals surface area contributed by atoms with Gasteiger partial charge in [-0.05, 0) is 36.6 Å². The van der Waals surface area contributed by atoms with Crippen LogP contribution in [-0.2, 0) is 4.79 Å². The number of nitrogens with one attached hydrogen (secondary N) is 1. The molecule has 1 N–H and O–H groups in total. The first-order chi connectivity index (χ1) is 13.5. The van der Waals surface area contributed by atoms with Gasteiger partial charge < -0.3 is 10.1 Å². The van der Waals surface area contributed by atoms with Crippen molar-refractivity contribution in [1.82, 2.24) is 4.90 Å². The lowest BCUT2D eigenvalue weighted by atomic mass is 9.99. The van der Waals surface area contributed by atoms with Crippen LogP contribution in [-0.4, -0.2) is 42.0 Å². The van der Waals surface area contributed by atoms with Gasteiger partial charge in [-0.15, -0.1) is 0 Å². The lowest BCUT2D eigenvalue weighted by Gasteiger charge is -2.31.